The minimum absolute atomic E-state index is 0.274. The van der Waals surface area contributed by atoms with Crippen LogP contribution in [0.25, 0.3) is 11.4 Å². The molecule has 1 aromatic heterocycles. The van der Waals surface area contributed by atoms with Gasteiger partial charge in [-0.15, -0.1) is 0 Å². The summed E-state index contributed by atoms with van der Waals surface area (Å²) in [7, 11) is 0. The second-order valence-electron chi connectivity index (χ2n) is 5.00. The highest BCUT2D eigenvalue weighted by atomic mass is 35.5. The summed E-state index contributed by atoms with van der Waals surface area (Å²) < 4.78 is 1.86. The lowest BCUT2D eigenvalue weighted by Gasteiger charge is -2.11. The average molecular weight is 347 g/mol. The molecule has 23 heavy (non-hydrogen) atoms. The van der Waals surface area contributed by atoms with Crippen molar-refractivity contribution in [3.8, 4) is 11.4 Å². The Hall–Kier alpha value is -2.30. The van der Waals surface area contributed by atoms with Crippen LogP contribution in [0.2, 0.25) is 10.0 Å². The first-order valence-electron chi connectivity index (χ1n) is 6.83. The van der Waals surface area contributed by atoms with Gasteiger partial charge >= 0.3 is 5.97 Å². The highest BCUT2D eigenvalue weighted by Crippen LogP contribution is 2.27. The molecule has 2 aromatic carbocycles. The number of hydrogen-bond donors (Lipinski definition) is 1. The summed E-state index contributed by atoms with van der Waals surface area (Å²) in [5.41, 5.74) is 1.75. The predicted octanol–water partition coefficient (Wildman–Crippen LogP) is 4.60. The SMILES string of the molecule is O=C(O)c1ccccc1Cn1ccnc1-c1cc(Cl)cc(Cl)c1. The lowest BCUT2D eigenvalue weighted by atomic mass is 10.1. The normalized spacial score (nSPS) is 10.7. The van der Waals surface area contributed by atoms with Crippen molar-refractivity contribution in [3.05, 3.63) is 76.0 Å². The van der Waals surface area contributed by atoms with Crippen LogP contribution < -0.4 is 0 Å². The molecule has 4 nitrogen and oxygen atoms in total. The smallest absolute Gasteiger partial charge is 0.336 e. The first-order chi connectivity index (χ1) is 11.0. The number of carboxylic acids is 1. The van der Waals surface area contributed by atoms with Crippen LogP contribution in [0.3, 0.4) is 0 Å². The van der Waals surface area contributed by atoms with E-state index in [0.29, 0.717) is 28.0 Å². The summed E-state index contributed by atoms with van der Waals surface area (Å²) in [5.74, 6) is -0.275. The molecule has 0 spiro atoms. The number of halogens is 2. The van der Waals surface area contributed by atoms with Crippen LogP contribution >= 0.6 is 23.2 Å². The summed E-state index contributed by atoms with van der Waals surface area (Å²) in [6, 6.07) is 12.1. The molecule has 0 aliphatic rings. The van der Waals surface area contributed by atoms with Crippen LogP contribution in [-0.2, 0) is 6.54 Å². The third-order valence-corrected chi connectivity index (χ3v) is 3.86. The molecule has 6 heteroatoms. The molecule has 0 saturated carbocycles. The number of hydrogen-bond acceptors (Lipinski definition) is 2. The molecule has 0 unspecified atom stereocenters. The number of rotatable bonds is 4. The number of imidazole rings is 1. The first-order valence-corrected chi connectivity index (χ1v) is 7.59. The molecule has 0 amide bonds. The van der Waals surface area contributed by atoms with Crippen molar-refractivity contribution in [1.29, 1.82) is 0 Å². The molecule has 116 valence electrons. The maximum atomic E-state index is 11.3. The van der Waals surface area contributed by atoms with Crippen LogP contribution in [0.15, 0.2) is 54.9 Å². The number of benzene rings is 2. The summed E-state index contributed by atoms with van der Waals surface area (Å²) in [6.45, 7) is 0.391. The van der Waals surface area contributed by atoms with Gasteiger partial charge in [-0.25, -0.2) is 9.78 Å². The highest BCUT2D eigenvalue weighted by Gasteiger charge is 2.13. The van der Waals surface area contributed by atoms with E-state index >= 15 is 0 Å². The van der Waals surface area contributed by atoms with Gasteiger partial charge in [-0.05, 0) is 29.8 Å². The van der Waals surface area contributed by atoms with Crippen molar-refractivity contribution in [2.24, 2.45) is 0 Å². The fraction of sp³-hybridized carbons (Fsp3) is 0.0588. The second kappa shape index (κ2) is 6.44. The third-order valence-electron chi connectivity index (χ3n) is 3.42. The maximum absolute atomic E-state index is 11.3. The quantitative estimate of drug-likeness (QED) is 0.750. The standard InChI is InChI=1S/C17H12Cl2N2O2/c18-13-7-12(8-14(19)9-13)16-20-5-6-21(16)10-11-3-1-2-4-15(11)17(22)23/h1-9H,10H2,(H,22,23). The van der Waals surface area contributed by atoms with Gasteiger partial charge in [0.1, 0.15) is 5.82 Å². The van der Waals surface area contributed by atoms with Crippen LogP contribution in [0.4, 0.5) is 0 Å². The van der Waals surface area contributed by atoms with Gasteiger partial charge in [0.15, 0.2) is 0 Å². The number of aromatic nitrogens is 2. The lowest BCUT2D eigenvalue weighted by Crippen LogP contribution is -2.07. The summed E-state index contributed by atoms with van der Waals surface area (Å²) >= 11 is 12.1. The fourth-order valence-corrected chi connectivity index (χ4v) is 2.96. The second-order valence-corrected chi connectivity index (χ2v) is 5.87. The Morgan fingerprint density at radius 3 is 2.52 bits per heavy atom. The van der Waals surface area contributed by atoms with Gasteiger partial charge in [-0.1, -0.05) is 41.4 Å². The van der Waals surface area contributed by atoms with Crippen molar-refractivity contribution < 1.29 is 9.90 Å². The fourth-order valence-electron chi connectivity index (χ4n) is 2.43. The predicted molar refractivity (Wildman–Crippen MR) is 90.2 cm³/mol. The highest BCUT2D eigenvalue weighted by molar-refractivity contribution is 6.35. The Morgan fingerprint density at radius 2 is 1.83 bits per heavy atom. The van der Waals surface area contributed by atoms with Gasteiger partial charge in [0.2, 0.25) is 0 Å². The van der Waals surface area contributed by atoms with Crippen LogP contribution in [-0.4, -0.2) is 20.6 Å². The van der Waals surface area contributed by atoms with E-state index in [1.165, 1.54) is 0 Å². The van der Waals surface area contributed by atoms with Crippen molar-refractivity contribution in [2.75, 3.05) is 0 Å². The van der Waals surface area contributed by atoms with E-state index in [2.05, 4.69) is 4.98 Å². The van der Waals surface area contributed by atoms with E-state index in [1.807, 2.05) is 10.6 Å². The molecule has 3 rings (SSSR count). The molecule has 1 heterocycles. The average Bonchev–Trinajstić information content (AvgIpc) is 2.95. The molecule has 0 aliphatic heterocycles. The van der Waals surface area contributed by atoms with Gasteiger partial charge in [-0.3, -0.25) is 0 Å². The van der Waals surface area contributed by atoms with Crippen LogP contribution in [0.1, 0.15) is 15.9 Å². The Bertz CT molecular complexity index is 854. The summed E-state index contributed by atoms with van der Waals surface area (Å²) in [4.78, 5) is 15.7. The van der Waals surface area contributed by atoms with Gasteiger partial charge in [0, 0.05) is 34.5 Å². The van der Waals surface area contributed by atoms with Crippen molar-refractivity contribution >= 4 is 29.2 Å². The van der Waals surface area contributed by atoms with Gasteiger partial charge in [0.05, 0.1) is 5.56 Å². The number of carbonyl (C=O) groups is 1. The number of nitrogens with zero attached hydrogens (tertiary/aromatic N) is 2. The minimum Gasteiger partial charge on any atom is -0.478 e. The van der Waals surface area contributed by atoms with Crippen molar-refractivity contribution in [3.63, 3.8) is 0 Å². The van der Waals surface area contributed by atoms with E-state index in [9.17, 15) is 9.90 Å². The zero-order valence-corrected chi connectivity index (χ0v) is 13.4. The monoisotopic (exact) mass is 346 g/mol. The first kappa shape index (κ1) is 15.6. The summed E-state index contributed by atoms with van der Waals surface area (Å²) in [5, 5.41) is 10.3. The molecule has 0 bridgehead atoms. The molecule has 1 N–H and O–H groups in total. The van der Waals surface area contributed by atoms with E-state index < -0.39 is 5.97 Å². The molecule has 0 radical (unpaired) electrons. The summed E-state index contributed by atoms with van der Waals surface area (Å²) in [6.07, 6.45) is 3.45. The third kappa shape index (κ3) is 3.38. The zero-order chi connectivity index (χ0) is 16.4. The molecule has 3 aromatic rings. The number of carboxylic acid groups (broad SMARTS) is 1. The van der Waals surface area contributed by atoms with E-state index in [-0.39, 0.29) is 5.56 Å². The zero-order valence-electron chi connectivity index (χ0n) is 11.9. The van der Waals surface area contributed by atoms with E-state index in [4.69, 9.17) is 23.2 Å². The molecule has 0 saturated heterocycles. The van der Waals surface area contributed by atoms with Crippen molar-refractivity contribution in [2.45, 2.75) is 6.54 Å². The van der Waals surface area contributed by atoms with Crippen LogP contribution in [0, 0.1) is 0 Å². The Kier molecular flexibility index (Phi) is 4.37. The maximum Gasteiger partial charge on any atom is 0.336 e. The largest absolute Gasteiger partial charge is 0.478 e. The van der Waals surface area contributed by atoms with E-state index in [0.717, 1.165) is 5.56 Å². The lowest BCUT2D eigenvalue weighted by molar-refractivity contribution is 0.0695. The van der Waals surface area contributed by atoms with Crippen LogP contribution in [0.5, 0.6) is 0 Å². The van der Waals surface area contributed by atoms with E-state index in [1.54, 1.807) is 48.8 Å². The number of aromatic carboxylic acids is 1. The van der Waals surface area contributed by atoms with Gasteiger partial charge < -0.3 is 9.67 Å². The van der Waals surface area contributed by atoms with Gasteiger partial charge in [0.25, 0.3) is 0 Å². The minimum atomic E-state index is -0.951. The molecular weight excluding hydrogens is 335 g/mol. The molecule has 0 fully saturated rings. The van der Waals surface area contributed by atoms with Crippen molar-refractivity contribution in [1.82, 2.24) is 9.55 Å². The van der Waals surface area contributed by atoms with Gasteiger partial charge in [-0.2, -0.15) is 0 Å². The molecular formula is C17H12Cl2N2O2. The molecule has 0 aliphatic carbocycles. The molecule has 0 atom stereocenters. The Balaban J connectivity index is 2.01. The topological polar surface area (TPSA) is 55.1 Å². The Labute approximate surface area is 142 Å². The Morgan fingerprint density at radius 1 is 1.13 bits per heavy atom.